The average Bonchev–Trinajstić information content (AvgIpc) is 2.36. The Hall–Kier alpha value is -1.22. The smallest absolute Gasteiger partial charge is 0.120 e. The zero-order valence-electron chi connectivity index (χ0n) is 11.7. The van der Waals surface area contributed by atoms with Gasteiger partial charge in [-0.1, -0.05) is 12.5 Å². The van der Waals surface area contributed by atoms with Crippen molar-refractivity contribution in [2.24, 2.45) is 5.41 Å². The Balaban J connectivity index is 2.04. The van der Waals surface area contributed by atoms with Crippen LogP contribution in [0, 0.1) is 5.41 Å². The standard InChI is InChI=1S/C15H24N2O/c1-16-11-15(8-5-9-15)12-17(2)13-6-4-7-14(10-13)18-3/h4,6-7,10,16H,5,8-9,11-12H2,1-3H3. The van der Waals surface area contributed by atoms with Gasteiger partial charge in [-0.2, -0.15) is 0 Å². The quantitative estimate of drug-likeness (QED) is 0.837. The third-order valence-corrected chi connectivity index (χ3v) is 4.03. The molecule has 1 aromatic carbocycles. The van der Waals surface area contributed by atoms with E-state index in [4.69, 9.17) is 4.74 Å². The lowest BCUT2D eigenvalue weighted by molar-refractivity contribution is 0.143. The highest BCUT2D eigenvalue weighted by atomic mass is 16.5. The van der Waals surface area contributed by atoms with Crippen LogP contribution < -0.4 is 15.0 Å². The lowest BCUT2D eigenvalue weighted by Crippen LogP contribution is -2.47. The molecule has 0 atom stereocenters. The summed E-state index contributed by atoms with van der Waals surface area (Å²) in [7, 11) is 5.93. The van der Waals surface area contributed by atoms with E-state index in [1.807, 2.05) is 13.1 Å². The minimum Gasteiger partial charge on any atom is -0.497 e. The summed E-state index contributed by atoms with van der Waals surface area (Å²) in [5, 5.41) is 3.34. The van der Waals surface area contributed by atoms with Gasteiger partial charge >= 0.3 is 0 Å². The molecule has 3 heteroatoms. The Labute approximate surface area is 110 Å². The van der Waals surface area contributed by atoms with Gasteiger partial charge in [-0.15, -0.1) is 0 Å². The van der Waals surface area contributed by atoms with Crippen LogP contribution in [-0.2, 0) is 0 Å². The molecular formula is C15H24N2O. The molecule has 0 heterocycles. The lowest BCUT2D eigenvalue weighted by Gasteiger charge is -2.45. The second-order valence-corrected chi connectivity index (χ2v) is 5.44. The van der Waals surface area contributed by atoms with E-state index >= 15 is 0 Å². The molecule has 1 aliphatic carbocycles. The molecule has 3 nitrogen and oxygen atoms in total. The number of nitrogens with one attached hydrogen (secondary N) is 1. The summed E-state index contributed by atoms with van der Waals surface area (Å²) < 4.78 is 5.28. The molecule has 0 spiro atoms. The molecule has 1 aliphatic rings. The van der Waals surface area contributed by atoms with Crippen LogP contribution in [0.5, 0.6) is 5.75 Å². The predicted molar refractivity (Wildman–Crippen MR) is 76.5 cm³/mol. The van der Waals surface area contributed by atoms with Crippen molar-refractivity contribution in [1.82, 2.24) is 5.32 Å². The van der Waals surface area contributed by atoms with Gasteiger partial charge in [0.05, 0.1) is 7.11 Å². The summed E-state index contributed by atoms with van der Waals surface area (Å²) in [6.45, 7) is 2.22. The number of hydrogen-bond acceptors (Lipinski definition) is 3. The molecule has 1 fully saturated rings. The molecular weight excluding hydrogens is 224 g/mol. The minimum absolute atomic E-state index is 0.465. The fourth-order valence-corrected chi connectivity index (χ4v) is 2.88. The molecule has 0 bridgehead atoms. The van der Waals surface area contributed by atoms with Gasteiger partial charge in [0.1, 0.15) is 5.75 Å². The fraction of sp³-hybridized carbons (Fsp3) is 0.600. The molecule has 1 N–H and O–H groups in total. The number of benzene rings is 1. The van der Waals surface area contributed by atoms with E-state index in [1.54, 1.807) is 7.11 Å². The summed E-state index contributed by atoms with van der Waals surface area (Å²) in [5.41, 5.74) is 1.70. The first-order valence-electron chi connectivity index (χ1n) is 6.69. The van der Waals surface area contributed by atoms with Crippen molar-refractivity contribution in [3.05, 3.63) is 24.3 Å². The lowest BCUT2D eigenvalue weighted by atomic mass is 9.68. The van der Waals surface area contributed by atoms with Crippen LogP contribution in [0.15, 0.2) is 24.3 Å². The van der Waals surface area contributed by atoms with Crippen molar-refractivity contribution in [2.45, 2.75) is 19.3 Å². The first kappa shape index (κ1) is 13.2. The second kappa shape index (κ2) is 5.61. The van der Waals surface area contributed by atoms with E-state index in [2.05, 4.69) is 35.5 Å². The Kier molecular flexibility index (Phi) is 4.12. The highest BCUT2D eigenvalue weighted by molar-refractivity contribution is 5.50. The normalized spacial score (nSPS) is 17.1. The van der Waals surface area contributed by atoms with E-state index in [9.17, 15) is 0 Å². The summed E-state index contributed by atoms with van der Waals surface area (Å²) in [5.74, 6) is 0.927. The van der Waals surface area contributed by atoms with Crippen molar-refractivity contribution in [2.75, 3.05) is 39.2 Å². The van der Waals surface area contributed by atoms with E-state index in [-0.39, 0.29) is 0 Å². The number of hydrogen-bond donors (Lipinski definition) is 1. The van der Waals surface area contributed by atoms with Crippen molar-refractivity contribution in [3.8, 4) is 5.75 Å². The van der Waals surface area contributed by atoms with Crippen LogP contribution in [0.4, 0.5) is 5.69 Å². The van der Waals surface area contributed by atoms with Crippen LogP contribution in [0.3, 0.4) is 0 Å². The van der Waals surface area contributed by atoms with Crippen LogP contribution >= 0.6 is 0 Å². The Bertz CT molecular complexity index is 388. The minimum atomic E-state index is 0.465. The van der Waals surface area contributed by atoms with E-state index in [0.717, 1.165) is 18.8 Å². The molecule has 0 radical (unpaired) electrons. The summed E-state index contributed by atoms with van der Waals surface area (Å²) in [6.07, 6.45) is 4.04. The van der Waals surface area contributed by atoms with Gasteiger partial charge in [0.25, 0.3) is 0 Å². The van der Waals surface area contributed by atoms with E-state index in [1.165, 1.54) is 24.9 Å². The van der Waals surface area contributed by atoms with Crippen molar-refractivity contribution in [1.29, 1.82) is 0 Å². The highest BCUT2D eigenvalue weighted by Gasteiger charge is 2.37. The summed E-state index contributed by atoms with van der Waals surface area (Å²) in [6, 6.07) is 8.29. The number of ether oxygens (including phenoxy) is 1. The maximum Gasteiger partial charge on any atom is 0.120 e. The molecule has 2 rings (SSSR count). The zero-order chi connectivity index (χ0) is 13.0. The Morgan fingerprint density at radius 3 is 2.72 bits per heavy atom. The third-order valence-electron chi connectivity index (χ3n) is 4.03. The molecule has 1 aromatic rings. The third kappa shape index (κ3) is 2.78. The number of nitrogens with zero attached hydrogens (tertiary/aromatic N) is 1. The first-order chi connectivity index (χ1) is 8.69. The molecule has 1 saturated carbocycles. The molecule has 100 valence electrons. The molecule has 18 heavy (non-hydrogen) atoms. The molecule has 0 aliphatic heterocycles. The molecule has 0 saturated heterocycles. The molecule has 0 aromatic heterocycles. The largest absolute Gasteiger partial charge is 0.497 e. The van der Waals surface area contributed by atoms with Gasteiger partial charge in [-0.3, -0.25) is 0 Å². The highest BCUT2D eigenvalue weighted by Crippen LogP contribution is 2.41. The monoisotopic (exact) mass is 248 g/mol. The zero-order valence-corrected chi connectivity index (χ0v) is 11.7. The van der Waals surface area contributed by atoms with Crippen molar-refractivity contribution >= 4 is 5.69 Å². The van der Waals surface area contributed by atoms with Crippen molar-refractivity contribution in [3.63, 3.8) is 0 Å². The summed E-state index contributed by atoms with van der Waals surface area (Å²) in [4.78, 5) is 2.35. The van der Waals surface area contributed by atoms with Crippen LogP contribution in [0.1, 0.15) is 19.3 Å². The number of methoxy groups -OCH3 is 1. The van der Waals surface area contributed by atoms with E-state index in [0.29, 0.717) is 5.41 Å². The van der Waals surface area contributed by atoms with E-state index < -0.39 is 0 Å². The van der Waals surface area contributed by atoms with Crippen molar-refractivity contribution < 1.29 is 4.74 Å². The van der Waals surface area contributed by atoms with Crippen LogP contribution in [-0.4, -0.2) is 34.3 Å². The number of rotatable bonds is 6. The van der Waals surface area contributed by atoms with Gasteiger partial charge in [0.15, 0.2) is 0 Å². The molecule has 0 unspecified atom stereocenters. The SMILES string of the molecule is CNCC1(CN(C)c2cccc(OC)c2)CCC1. The second-order valence-electron chi connectivity index (χ2n) is 5.44. The van der Waals surface area contributed by atoms with Gasteiger partial charge in [-0.25, -0.2) is 0 Å². The van der Waals surface area contributed by atoms with Gasteiger partial charge < -0.3 is 15.0 Å². The predicted octanol–water partition coefficient (Wildman–Crippen LogP) is 2.52. The van der Waals surface area contributed by atoms with Crippen LogP contribution in [0.2, 0.25) is 0 Å². The molecule has 0 amide bonds. The average molecular weight is 248 g/mol. The topological polar surface area (TPSA) is 24.5 Å². The van der Waals surface area contributed by atoms with Gasteiger partial charge in [0, 0.05) is 37.3 Å². The fourth-order valence-electron chi connectivity index (χ4n) is 2.88. The van der Waals surface area contributed by atoms with Gasteiger partial charge in [-0.05, 0) is 32.0 Å². The number of anilines is 1. The maximum absolute atomic E-state index is 5.28. The Morgan fingerprint density at radius 2 is 2.17 bits per heavy atom. The Morgan fingerprint density at radius 1 is 1.39 bits per heavy atom. The van der Waals surface area contributed by atoms with Gasteiger partial charge in [0.2, 0.25) is 0 Å². The van der Waals surface area contributed by atoms with Crippen LogP contribution in [0.25, 0.3) is 0 Å². The first-order valence-corrected chi connectivity index (χ1v) is 6.69. The summed E-state index contributed by atoms with van der Waals surface area (Å²) >= 11 is 0. The maximum atomic E-state index is 5.28.